The van der Waals surface area contributed by atoms with Crippen molar-refractivity contribution >= 4 is 19.4 Å². The monoisotopic (exact) mass is 398 g/mol. The van der Waals surface area contributed by atoms with Crippen molar-refractivity contribution in [3.05, 3.63) is 35.9 Å². The van der Waals surface area contributed by atoms with Gasteiger partial charge in [0.2, 0.25) is 0 Å². The van der Waals surface area contributed by atoms with E-state index in [1.165, 1.54) is 0 Å². The van der Waals surface area contributed by atoms with Crippen LogP contribution in [-0.4, -0.2) is 41.1 Å². The maximum Gasteiger partial charge on any atom is 0.313 e. The molecule has 8 nitrogen and oxygen atoms in total. The number of esters is 1. The molecule has 0 bridgehead atoms. The van der Waals surface area contributed by atoms with Crippen molar-refractivity contribution in [3.63, 3.8) is 0 Å². The molecule has 0 saturated carbocycles. The number of benzene rings is 1. The molecule has 2 unspecified atom stereocenters. The zero-order valence-corrected chi connectivity index (χ0v) is 16.8. The average Bonchev–Trinajstić information content (AvgIpc) is 2.62. The number of nitrogens with zero attached hydrogens (tertiary/aromatic N) is 1. The first-order valence-electron chi connectivity index (χ1n) is 8.84. The van der Waals surface area contributed by atoms with Crippen LogP contribution in [0, 0.1) is 5.41 Å². The standard InChI is InChI=1S/C18H27N2O6P/c1-18(2,3)17(22)25-13-26-27(24,15-10-7-11-20(23)16(15)21)19-12-14-8-5-4-6-9-14/h4-6,8-9,15,23H,7,10-13H2,1-3H3,(H,19,24). The second kappa shape index (κ2) is 8.97. The molecule has 0 radical (unpaired) electrons. The number of amides is 1. The lowest BCUT2D eigenvalue weighted by molar-refractivity contribution is -0.169. The Morgan fingerprint density at radius 3 is 2.63 bits per heavy atom. The van der Waals surface area contributed by atoms with Crippen molar-refractivity contribution in [1.82, 2.24) is 10.2 Å². The van der Waals surface area contributed by atoms with Gasteiger partial charge in [-0.2, -0.15) is 0 Å². The number of hydrogen-bond donors (Lipinski definition) is 2. The fourth-order valence-corrected chi connectivity index (χ4v) is 4.62. The second-order valence-corrected chi connectivity index (χ2v) is 9.86. The Balaban J connectivity index is 2.10. The Hall–Kier alpha value is -1.73. The van der Waals surface area contributed by atoms with Crippen molar-refractivity contribution in [2.24, 2.45) is 5.41 Å². The zero-order valence-electron chi connectivity index (χ0n) is 15.9. The normalized spacial score (nSPS) is 20.2. The molecule has 2 N–H and O–H groups in total. The highest BCUT2D eigenvalue weighted by atomic mass is 31.2. The summed E-state index contributed by atoms with van der Waals surface area (Å²) >= 11 is 0. The van der Waals surface area contributed by atoms with E-state index in [-0.39, 0.29) is 13.1 Å². The molecule has 1 aliphatic rings. The zero-order chi connectivity index (χ0) is 20.1. The molecule has 2 rings (SSSR count). The molecular weight excluding hydrogens is 371 g/mol. The van der Waals surface area contributed by atoms with Gasteiger partial charge in [0.1, 0.15) is 5.66 Å². The van der Waals surface area contributed by atoms with Crippen LogP contribution in [0.15, 0.2) is 30.3 Å². The van der Waals surface area contributed by atoms with Crippen molar-refractivity contribution in [3.8, 4) is 0 Å². The van der Waals surface area contributed by atoms with Crippen LogP contribution >= 0.6 is 7.52 Å². The molecule has 27 heavy (non-hydrogen) atoms. The molecule has 0 aliphatic carbocycles. The van der Waals surface area contributed by atoms with E-state index in [1.807, 2.05) is 30.3 Å². The lowest BCUT2D eigenvalue weighted by Crippen LogP contribution is -2.44. The lowest BCUT2D eigenvalue weighted by atomic mass is 9.98. The SMILES string of the molecule is CC(C)(C)C(=O)OCOP(=O)(NCc1ccccc1)C1CCCN(O)C1=O. The third kappa shape index (κ3) is 5.87. The quantitative estimate of drug-likeness (QED) is 0.315. The van der Waals surface area contributed by atoms with Gasteiger partial charge in [0.15, 0.2) is 6.79 Å². The Morgan fingerprint density at radius 1 is 1.33 bits per heavy atom. The summed E-state index contributed by atoms with van der Waals surface area (Å²) < 4.78 is 23.9. The minimum absolute atomic E-state index is 0.188. The third-order valence-electron chi connectivity index (χ3n) is 4.19. The maximum absolute atomic E-state index is 13.4. The Kier molecular flexibility index (Phi) is 7.17. The molecule has 150 valence electrons. The van der Waals surface area contributed by atoms with Crippen LogP contribution in [0.5, 0.6) is 0 Å². The summed E-state index contributed by atoms with van der Waals surface area (Å²) in [6.07, 6.45) is 0.803. The van der Waals surface area contributed by atoms with Gasteiger partial charge in [-0.15, -0.1) is 0 Å². The van der Waals surface area contributed by atoms with Gasteiger partial charge in [-0.3, -0.25) is 23.9 Å². The first kappa shape index (κ1) is 21.6. The number of carbonyl (C=O) groups excluding carboxylic acids is 2. The molecule has 1 fully saturated rings. The molecule has 0 aromatic heterocycles. The summed E-state index contributed by atoms with van der Waals surface area (Å²) in [5, 5.41) is 13.1. The van der Waals surface area contributed by atoms with Crippen LogP contribution < -0.4 is 5.09 Å². The largest absolute Gasteiger partial charge is 0.438 e. The first-order chi connectivity index (χ1) is 12.6. The van der Waals surface area contributed by atoms with E-state index >= 15 is 0 Å². The fraction of sp³-hybridized carbons (Fsp3) is 0.556. The van der Waals surface area contributed by atoms with Gasteiger partial charge < -0.3 is 4.74 Å². The summed E-state index contributed by atoms with van der Waals surface area (Å²) in [6, 6.07) is 9.24. The van der Waals surface area contributed by atoms with Crippen LogP contribution in [0.3, 0.4) is 0 Å². The van der Waals surface area contributed by atoms with Gasteiger partial charge in [0.05, 0.1) is 5.41 Å². The summed E-state index contributed by atoms with van der Waals surface area (Å²) in [6.45, 7) is 4.93. The molecule has 1 amide bonds. The molecule has 9 heteroatoms. The van der Waals surface area contributed by atoms with E-state index in [2.05, 4.69) is 5.09 Å². The molecule has 0 spiro atoms. The van der Waals surface area contributed by atoms with E-state index in [9.17, 15) is 19.4 Å². The number of nitrogens with one attached hydrogen (secondary N) is 1. The topological polar surface area (TPSA) is 105 Å². The smallest absolute Gasteiger partial charge is 0.313 e. The van der Waals surface area contributed by atoms with Crippen molar-refractivity contribution < 1.29 is 28.6 Å². The van der Waals surface area contributed by atoms with E-state index in [0.29, 0.717) is 17.9 Å². The Bertz CT molecular complexity index is 704. The number of hydrogen-bond acceptors (Lipinski definition) is 6. The highest BCUT2D eigenvalue weighted by Crippen LogP contribution is 2.51. The maximum atomic E-state index is 13.4. The molecule has 1 aromatic carbocycles. The van der Waals surface area contributed by atoms with Crippen molar-refractivity contribution in [1.29, 1.82) is 0 Å². The van der Waals surface area contributed by atoms with Crippen molar-refractivity contribution in [2.75, 3.05) is 13.3 Å². The molecule has 2 atom stereocenters. The average molecular weight is 398 g/mol. The van der Waals surface area contributed by atoms with Crippen LogP contribution in [0.4, 0.5) is 0 Å². The highest BCUT2D eigenvalue weighted by Gasteiger charge is 2.44. The van der Waals surface area contributed by atoms with Crippen LogP contribution in [0.1, 0.15) is 39.2 Å². The van der Waals surface area contributed by atoms with Gasteiger partial charge in [-0.1, -0.05) is 30.3 Å². The number of hydroxylamine groups is 2. The number of piperidine rings is 1. The second-order valence-electron chi connectivity index (χ2n) is 7.47. The number of ether oxygens (including phenoxy) is 1. The predicted molar refractivity (Wildman–Crippen MR) is 98.9 cm³/mol. The highest BCUT2D eigenvalue weighted by molar-refractivity contribution is 7.58. The minimum Gasteiger partial charge on any atom is -0.438 e. The third-order valence-corrected chi connectivity index (χ3v) is 6.58. The van der Waals surface area contributed by atoms with Crippen molar-refractivity contribution in [2.45, 2.75) is 45.8 Å². The first-order valence-corrected chi connectivity index (χ1v) is 10.5. The van der Waals surface area contributed by atoms with Gasteiger partial charge in [0.25, 0.3) is 13.4 Å². The molecular formula is C18H27N2O6P. The summed E-state index contributed by atoms with van der Waals surface area (Å²) in [4.78, 5) is 24.2. The number of carbonyl (C=O) groups is 2. The summed E-state index contributed by atoms with van der Waals surface area (Å²) in [5.41, 5.74) is -0.904. The molecule has 1 aromatic rings. The summed E-state index contributed by atoms with van der Waals surface area (Å²) in [7, 11) is -3.74. The van der Waals surface area contributed by atoms with Gasteiger partial charge in [-0.25, -0.2) is 10.2 Å². The fourth-order valence-electron chi connectivity index (χ4n) is 2.57. The van der Waals surface area contributed by atoms with E-state index < -0.39 is 37.3 Å². The minimum atomic E-state index is -3.74. The Labute approximate surface area is 159 Å². The van der Waals surface area contributed by atoms with E-state index in [0.717, 1.165) is 5.56 Å². The molecule has 1 heterocycles. The van der Waals surface area contributed by atoms with Crippen LogP contribution in [0.2, 0.25) is 0 Å². The molecule has 1 aliphatic heterocycles. The lowest BCUT2D eigenvalue weighted by Gasteiger charge is -2.32. The Morgan fingerprint density at radius 2 is 2.00 bits per heavy atom. The predicted octanol–water partition coefficient (Wildman–Crippen LogP) is 2.91. The van der Waals surface area contributed by atoms with E-state index in [1.54, 1.807) is 20.8 Å². The van der Waals surface area contributed by atoms with Gasteiger partial charge in [0, 0.05) is 13.1 Å². The number of rotatable bonds is 7. The van der Waals surface area contributed by atoms with E-state index in [4.69, 9.17) is 9.26 Å². The van der Waals surface area contributed by atoms with Gasteiger partial charge >= 0.3 is 5.97 Å². The van der Waals surface area contributed by atoms with Gasteiger partial charge in [-0.05, 0) is 39.2 Å². The summed E-state index contributed by atoms with van der Waals surface area (Å²) in [5.74, 6) is -1.16. The van der Waals surface area contributed by atoms with Crippen LogP contribution in [0.25, 0.3) is 0 Å². The molecule has 1 saturated heterocycles. The van der Waals surface area contributed by atoms with Crippen LogP contribution in [-0.2, 0) is 30.0 Å².